The van der Waals surface area contributed by atoms with Crippen LogP contribution in [-0.2, 0) is 16.1 Å². The number of hydrogen-bond donors (Lipinski definition) is 1. The Morgan fingerprint density at radius 2 is 2.07 bits per heavy atom. The molecule has 1 aliphatic rings. The van der Waals surface area contributed by atoms with Crippen LogP contribution in [0.25, 0.3) is 10.2 Å². The molecule has 1 aromatic carbocycles. The number of ether oxygens (including phenoxy) is 1. The molecule has 148 valence electrons. The van der Waals surface area contributed by atoms with Gasteiger partial charge in [0.25, 0.3) is 0 Å². The van der Waals surface area contributed by atoms with Gasteiger partial charge in [-0.15, -0.1) is 22.7 Å². The lowest BCUT2D eigenvalue weighted by Crippen LogP contribution is -2.44. The summed E-state index contributed by atoms with van der Waals surface area (Å²) in [6.45, 7) is 6.78. The fourth-order valence-electron chi connectivity index (χ4n) is 3.28. The topological polar surface area (TPSA) is 67.4 Å². The highest BCUT2D eigenvalue weighted by Gasteiger charge is 2.22. The van der Waals surface area contributed by atoms with Crippen molar-refractivity contribution in [3.05, 3.63) is 35.3 Å². The lowest BCUT2D eigenvalue weighted by atomic mass is 10.2. The molecule has 1 saturated heterocycles. The first-order valence-corrected chi connectivity index (χ1v) is 11.8. The SMILES string of the molecule is CC1CN(Cc2csc(NC(=O)CSc3nc4ccccc4s3)n2)CC(C)O1. The number of amides is 1. The fraction of sp³-hybridized carbons (Fsp3) is 0.421. The van der Waals surface area contributed by atoms with Crippen LogP contribution in [0, 0.1) is 0 Å². The number of benzene rings is 1. The molecule has 9 heteroatoms. The molecule has 2 atom stereocenters. The maximum absolute atomic E-state index is 12.3. The number of hydrogen-bond acceptors (Lipinski definition) is 8. The molecule has 3 aromatic rings. The smallest absolute Gasteiger partial charge is 0.236 e. The lowest BCUT2D eigenvalue weighted by molar-refractivity contribution is -0.113. The molecule has 0 saturated carbocycles. The Labute approximate surface area is 176 Å². The van der Waals surface area contributed by atoms with Crippen molar-refractivity contribution in [3.8, 4) is 0 Å². The maximum atomic E-state index is 12.3. The molecule has 0 aliphatic carbocycles. The van der Waals surface area contributed by atoms with E-state index in [1.165, 1.54) is 23.1 Å². The number of para-hydroxylation sites is 1. The van der Waals surface area contributed by atoms with E-state index in [0.717, 1.165) is 39.9 Å². The Bertz CT molecular complexity index is 914. The Morgan fingerprint density at radius 1 is 1.29 bits per heavy atom. The van der Waals surface area contributed by atoms with Crippen LogP contribution in [0.15, 0.2) is 34.0 Å². The summed E-state index contributed by atoms with van der Waals surface area (Å²) in [6.07, 6.45) is 0.474. The molecule has 0 radical (unpaired) electrons. The zero-order chi connectivity index (χ0) is 19.5. The van der Waals surface area contributed by atoms with Gasteiger partial charge in [-0.25, -0.2) is 9.97 Å². The van der Waals surface area contributed by atoms with Crippen molar-refractivity contribution in [3.63, 3.8) is 0 Å². The average Bonchev–Trinajstić information content (AvgIpc) is 3.25. The number of anilines is 1. The van der Waals surface area contributed by atoms with E-state index in [4.69, 9.17) is 4.74 Å². The molecular weight excluding hydrogens is 412 g/mol. The van der Waals surface area contributed by atoms with E-state index in [0.29, 0.717) is 10.9 Å². The molecule has 1 N–H and O–H groups in total. The Morgan fingerprint density at radius 3 is 2.86 bits per heavy atom. The van der Waals surface area contributed by atoms with Gasteiger partial charge in [-0.2, -0.15) is 0 Å². The number of thioether (sulfide) groups is 1. The highest BCUT2D eigenvalue weighted by molar-refractivity contribution is 8.01. The molecule has 0 bridgehead atoms. The first kappa shape index (κ1) is 19.8. The van der Waals surface area contributed by atoms with Crippen molar-refractivity contribution in [2.75, 3.05) is 24.2 Å². The van der Waals surface area contributed by atoms with Gasteiger partial charge in [0, 0.05) is 25.0 Å². The van der Waals surface area contributed by atoms with Gasteiger partial charge < -0.3 is 10.1 Å². The molecular formula is C19H22N4O2S3. The van der Waals surface area contributed by atoms with E-state index in [-0.39, 0.29) is 18.1 Å². The van der Waals surface area contributed by atoms with Crippen molar-refractivity contribution in [1.29, 1.82) is 0 Å². The third-order valence-corrected chi connectivity index (χ3v) is 7.27. The van der Waals surface area contributed by atoms with E-state index in [1.807, 2.05) is 29.6 Å². The van der Waals surface area contributed by atoms with Gasteiger partial charge >= 0.3 is 0 Å². The van der Waals surface area contributed by atoms with E-state index >= 15 is 0 Å². The summed E-state index contributed by atoms with van der Waals surface area (Å²) in [7, 11) is 0. The van der Waals surface area contributed by atoms with Gasteiger partial charge in [-0.05, 0) is 26.0 Å². The minimum Gasteiger partial charge on any atom is -0.373 e. The highest BCUT2D eigenvalue weighted by Crippen LogP contribution is 2.29. The molecule has 6 nitrogen and oxygen atoms in total. The van der Waals surface area contributed by atoms with Crippen molar-refractivity contribution in [2.45, 2.75) is 36.9 Å². The Balaban J connectivity index is 1.27. The van der Waals surface area contributed by atoms with Gasteiger partial charge in [0.2, 0.25) is 5.91 Å². The number of thiazole rings is 2. The minimum atomic E-state index is -0.0567. The summed E-state index contributed by atoms with van der Waals surface area (Å²) in [5.74, 6) is 0.270. The number of nitrogens with one attached hydrogen (secondary N) is 1. The van der Waals surface area contributed by atoms with Gasteiger partial charge in [0.1, 0.15) is 0 Å². The second kappa shape index (κ2) is 8.87. The summed E-state index contributed by atoms with van der Waals surface area (Å²) < 4.78 is 7.82. The zero-order valence-electron chi connectivity index (χ0n) is 15.8. The van der Waals surface area contributed by atoms with Crippen LogP contribution in [0.3, 0.4) is 0 Å². The van der Waals surface area contributed by atoms with Gasteiger partial charge in [0.15, 0.2) is 9.47 Å². The monoisotopic (exact) mass is 434 g/mol. The van der Waals surface area contributed by atoms with Crippen LogP contribution in [0.5, 0.6) is 0 Å². The lowest BCUT2D eigenvalue weighted by Gasteiger charge is -2.34. The summed E-state index contributed by atoms with van der Waals surface area (Å²) >= 11 is 4.54. The molecule has 4 rings (SSSR count). The molecule has 1 amide bonds. The first-order chi connectivity index (χ1) is 13.5. The summed E-state index contributed by atoms with van der Waals surface area (Å²) in [6, 6.07) is 8.01. The third kappa shape index (κ3) is 5.09. The number of carbonyl (C=O) groups is 1. The largest absolute Gasteiger partial charge is 0.373 e. The number of rotatable bonds is 6. The van der Waals surface area contributed by atoms with Crippen molar-refractivity contribution < 1.29 is 9.53 Å². The predicted molar refractivity (Wildman–Crippen MR) is 116 cm³/mol. The van der Waals surface area contributed by atoms with E-state index in [1.54, 1.807) is 11.3 Å². The standard InChI is InChI=1S/C19H22N4O2S3/c1-12-7-23(8-13(2)25-12)9-14-10-26-18(20-14)22-17(24)11-27-19-21-15-5-3-4-6-16(15)28-19/h3-6,10,12-13H,7-9,11H2,1-2H3,(H,20,22,24). The molecule has 28 heavy (non-hydrogen) atoms. The number of fused-ring (bicyclic) bond motifs is 1. The Hall–Kier alpha value is -1.52. The second-order valence-corrected chi connectivity index (χ2v) is 9.99. The average molecular weight is 435 g/mol. The van der Waals surface area contributed by atoms with Crippen LogP contribution in [0.2, 0.25) is 0 Å². The van der Waals surface area contributed by atoms with Crippen LogP contribution >= 0.6 is 34.4 Å². The highest BCUT2D eigenvalue weighted by atomic mass is 32.2. The molecule has 1 fully saturated rings. The van der Waals surface area contributed by atoms with E-state index in [2.05, 4.69) is 34.0 Å². The quantitative estimate of drug-likeness (QED) is 0.590. The first-order valence-electron chi connectivity index (χ1n) is 9.15. The van der Waals surface area contributed by atoms with E-state index < -0.39 is 0 Å². The van der Waals surface area contributed by atoms with Crippen LogP contribution < -0.4 is 5.32 Å². The van der Waals surface area contributed by atoms with Crippen molar-refractivity contribution in [1.82, 2.24) is 14.9 Å². The molecule has 1 aliphatic heterocycles. The number of nitrogens with zero attached hydrogens (tertiary/aromatic N) is 3. The normalized spacial score (nSPS) is 20.5. The third-order valence-electron chi connectivity index (χ3n) is 4.28. The molecule has 0 spiro atoms. The van der Waals surface area contributed by atoms with Gasteiger partial charge in [-0.3, -0.25) is 9.69 Å². The van der Waals surface area contributed by atoms with Crippen LogP contribution in [-0.4, -0.2) is 51.8 Å². The zero-order valence-corrected chi connectivity index (χ0v) is 18.2. The summed E-state index contributed by atoms with van der Waals surface area (Å²) in [4.78, 5) is 23.7. The fourth-order valence-corrected chi connectivity index (χ4v) is 5.86. The van der Waals surface area contributed by atoms with E-state index in [9.17, 15) is 4.79 Å². The predicted octanol–water partition coefficient (Wildman–Crippen LogP) is 4.09. The second-order valence-electron chi connectivity index (χ2n) is 6.88. The summed E-state index contributed by atoms with van der Waals surface area (Å²) in [5.41, 5.74) is 1.96. The molecule has 3 heterocycles. The summed E-state index contributed by atoms with van der Waals surface area (Å²) in [5, 5.41) is 5.57. The van der Waals surface area contributed by atoms with Gasteiger partial charge in [-0.1, -0.05) is 23.9 Å². The molecule has 2 unspecified atom stereocenters. The van der Waals surface area contributed by atoms with Crippen molar-refractivity contribution >= 4 is 55.7 Å². The van der Waals surface area contributed by atoms with Gasteiger partial charge in [0.05, 0.1) is 33.9 Å². The van der Waals surface area contributed by atoms with Crippen molar-refractivity contribution in [2.24, 2.45) is 0 Å². The Kier molecular flexibility index (Phi) is 6.27. The number of aromatic nitrogens is 2. The van der Waals surface area contributed by atoms with Crippen LogP contribution in [0.1, 0.15) is 19.5 Å². The molecule has 2 aromatic heterocycles. The maximum Gasteiger partial charge on any atom is 0.236 e. The number of morpholine rings is 1. The minimum absolute atomic E-state index is 0.0567. The number of carbonyl (C=O) groups excluding carboxylic acids is 1. The van der Waals surface area contributed by atoms with Crippen LogP contribution in [0.4, 0.5) is 5.13 Å².